The molecular weight excluding hydrogens is 326 g/mol. The Kier molecular flexibility index (Phi) is 4.92. The van der Waals surface area contributed by atoms with Gasteiger partial charge in [0.25, 0.3) is 0 Å². The Balaban J connectivity index is 2.66. The van der Waals surface area contributed by atoms with E-state index in [2.05, 4.69) is 0 Å². The number of thioether (sulfide) groups is 1. The average molecular weight is 340 g/mol. The normalized spacial score (nSPS) is 22.7. The summed E-state index contributed by atoms with van der Waals surface area (Å²) in [5.74, 6) is -2.70. The van der Waals surface area contributed by atoms with Gasteiger partial charge in [0.05, 0.1) is 6.61 Å². The van der Waals surface area contributed by atoms with Crippen molar-refractivity contribution in [3.05, 3.63) is 40.4 Å². The van der Waals surface area contributed by atoms with Crippen LogP contribution in [-0.2, 0) is 9.53 Å². The molecule has 0 aromatic heterocycles. The van der Waals surface area contributed by atoms with Gasteiger partial charge in [-0.05, 0) is 26.0 Å². The van der Waals surface area contributed by atoms with Gasteiger partial charge in [-0.1, -0.05) is 6.07 Å². The van der Waals surface area contributed by atoms with E-state index in [0.717, 1.165) is 28.8 Å². The minimum atomic E-state index is -1.67. The number of halogens is 2. The molecule has 1 atom stereocenters. The number of esters is 1. The Morgan fingerprint density at radius 1 is 1.52 bits per heavy atom. The molecule has 23 heavy (non-hydrogen) atoms. The van der Waals surface area contributed by atoms with Gasteiger partial charge in [-0.3, -0.25) is 4.90 Å². The minimum absolute atomic E-state index is 0.0285. The van der Waals surface area contributed by atoms with Crippen molar-refractivity contribution >= 4 is 23.4 Å². The number of para-hydroxylation sites is 1. The highest BCUT2D eigenvalue weighted by Gasteiger charge is 2.44. The van der Waals surface area contributed by atoms with Crippen molar-refractivity contribution in [1.82, 2.24) is 0 Å². The van der Waals surface area contributed by atoms with Gasteiger partial charge in [0.2, 0.25) is 0 Å². The second kappa shape index (κ2) is 6.56. The van der Waals surface area contributed by atoms with Crippen molar-refractivity contribution in [3.63, 3.8) is 0 Å². The van der Waals surface area contributed by atoms with Crippen molar-refractivity contribution in [2.75, 3.05) is 17.3 Å². The first-order valence-corrected chi connectivity index (χ1v) is 7.73. The highest BCUT2D eigenvalue weighted by Crippen LogP contribution is 2.45. The molecule has 1 aliphatic rings. The van der Waals surface area contributed by atoms with Crippen LogP contribution in [0.2, 0.25) is 0 Å². The Labute approximate surface area is 136 Å². The van der Waals surface area contributed by atoms with E-state index < -0.39 is 34.6 Å². The Hall–Kier alpha value is -2.11. The summed E-state index contributed by atoms with van der Waals surface area (Å²) in [6.45, 7) is 2.97. The first-order valence-electron chi connectivity index (χ1n) is 6.74. The molecule has 0 spiro atoms. The van der Waals surface area contributed by atoms with Crippen LogP contribution in [-0.4, -0.2) is 29.2 Å². The number of nitriles is 1. The maximum atomic E-state index is 14.1. The molecule has 0 unspecified atom stereocenters. The largest absolute Gasteiger partial charge is 0.462 e. The smallest absolute Gasteiger partial charge is 0.351 e. The van der Waals surface area contributed by atoms with Gasteiger partial charge >= 0.3 is 5.97 Å². The first kappa shape index (κ1) is 17.2. The van der Waals surface area contributed by atoms with Crippen LogP contribution >= 0.6 is 11.8 Å². The van der Waals surface area contributed by atoms with Gasteiger partial charge in [-0.25, -0.2) is 13.6 Å². The quantitative estimate of drug-likeness (QED) is 0.518. The third kappa shape index (κ3) is 3.16. The Morgan fingerprint density at radius 2 is 2.13 bits per heavy atom. The van der Waals surface area contributed by atoms with E-state index in [1.54, 1.807) is 13.0 Å². The molecular formula is C15H14F2N2O3S. The Bertz CT molecular complexity index is 693. The lowest BCUT2D eigenvalue weighted by Crippen LogP contribution is -2.43. The second-order valence-corrected chi connectivity index (χ2v) is 5.89. The molecule has 8 heteroatoms. The predicted octanol–water partition coefficient (Wildman–Crippen LogP) is 2.52. The summed E-state index contributed by atoms with van der Waals surface area (Å²) in [6, 6.07) is 4.94. The summed E-state index contributed by atoms with van der Waals surface area (Å²) >= 11 is 0.955. The van der Waals surface area contributed by atoms with E-state index in [0.29, 0.717) is 0 Å². The lowest BCUT2D eigenvalue weighted by molar-refractivity contribution is -0.138. The zero-order valence-electron chi connectivity index (χ0n) is 12.5. The van der Waals surface area contributed by atoms with E-state index in [1.807, 2.05) is 0 Å². The maximum absolute atomic E-state index is 14.1. The molecule has 1 aromatic carbocycles. The van der Waals surface area contributed by atoms with Crippen LogP contribution in [0.3, 0.4) is 0 Å². The zero-order chi connectivity index (χ0) is 17.2. The molecule has 1 fully saturated rings. The topological polar surface area (TPSA) is 73.6 Å². The fourth-order valence-electron chi connectivity index (χ4n) is 2.17. The molecule has 5 nitrogen and oxygen atoms in total. The third-order valence-electron chi connectivity index (χ3n) is 3.13. The zero-order valence-corrected chi connectivity index (χ0v) is 13.3. The number of ether oxygens (including phenoxy) is 1. The first-order chi connectivity index (χ1) is 10.8. The molecule has 0 bridgehead atoms. The summed E-state index contributed by atoms with van der Waals surface area (Å²) < 4.78 is 33.0. The van der Waals surface area contributed by atoms with Crippen LogP contribution in [0.1, 0.15) is 13.8 Å². The van der Waals surface area contributed by atoms with Gasteiger partial charge in [0, 0.05) is 5.75 Å². The number of hydrogen-bond donors (Lipinski definition) is 1. The number of hydrogen-bond acceptors (Lipinski definition) is 6. The SMILES string of the molecule is CCOC(=O)/C(C#N)=C1\SC[C@@](C)(O)N1c1c(F)cccc1F. The molecule has 2 rings (SSSR count). The fraction of sp³-hybridized carbons (Fsp3) is 0.333. The summed E-state index contributed by atoms with van der Waals surface area (Å²) in [4.78, 5) is 12.8. The number of aliphatic hydroxyl groups is 1. The second-order valence-electron chi connectivity index (χ2n) is 4.92. The van der Waals surface area contributed by atoms with Gasteiger partial charge in [-0.2, -0.15) is 5.26 Å². The molecule has 1 aliphatic heterocycles. The highest BCUT2D eigenvalue weighted by atomic mass is 32.2. The van der Waals surface area contributed by atoms with Crippen LogP contribution in [0.25, 0.3) is 0 Å². The number of carbonyl (C=O) groups is 1. The molecule has 0 radical (unpaired) electrons. The summed E-state index contributed by atoms with van der Waals surface area (Å²) in [7, 11) is 0. The van der Waals surface area contributed by atoms with E-state index in [4.69, 9.17) is 4.74 Å². The summed E-state index contributed by atoms with van der Waals surface area (Å²) in [5, 5.41) is 19.7. The predicted molar refractivity (Wildman–Crippen MR) is 81.2 cm³/mol. The van der Waals surface area contributed by atoms with Crippen LogP contribution < -0.4 is 4.90 Å². The standard InChI is InChI=1S/C15H14F2N2O3S/c1-3-22-14(20)9(7-18)13-19(15(2,21)8-23-13)12-10(16)5-4-6-11(12)17/h4-6,21H,3,8H2,1-2H3/b13-9-/t15-/m1/s1. The van der Waals surface area contributed by atoms with Crippen molar-refractivity contribution < 1.29 is 23.4 Å². The molecule has 1 saturated heterocycles. The van der Waals surface area contributed by atoms with Crippen LogP contribution in [0.4, 0.5) is 14.5 Å². The van der Waals surface area contributed by atoms with Crippen LogP contribution in [0.15, 0.2) is 28.8 Å². The number of rotatable bonds is 3. The van der Waals surface area contributed by atoms with Crippen molar-refractivity contribution in [3.8, 4) is 6.07 Å². The van der Waals surface area contributed by atoms with E-state index in [9.17, 15) is 23.9 Å². The van der Waals surface area contributed by atoms with Gasteiger partial charge < -0.3 is 9.84 Å². The van der Waals surface area contributed by atoms with Crippen LogP contribution in [0, 0.1) is 23.0 Å². The maximum Gasteiger partial charge on any atom is 0.351 e. The lowest BCUT2D eigenvalue weighted by atomic mass is 10.1. The summed E-state index contributed by atoms with van der Waals surface area (Å²) in [5.41, 5.74) is -2.59. The number of nitrogens with zero attached hydrogens (tertiary/aromatic N) is 2. The molecule has 1 aromatic rings. The summed E-state index contributed by atoms with van der Waals surface area (Å²) in [6.07, 6.45) is 0. The highest BCUT2D eigenvalue weighted by molar-refractivity contribution is 8.03. The van der Waals surface area contributed by atoms with Gasteiger partial charge in [0.1, 0.15) is 34.1 Å². The molecule has 1 N–H and O–H groups in total. The van der Waals surface area contributed by atoms with Gasteiger partial charge in [-0.15, -0.1) is 11.8 Å². The third-order valence-corrected chi connectivity index (χ3v) is 4.48. The van der Waals surface area contributed by atoms with Crippen molar-refractivity contribution in [1.29, 1.82) is 5.26 Å². The van der Waals surface area contributed by atoms with Crippen molar-refractivity contribution in [2.24, 2.45) is 0 Å². The van der Waals surface area contributed by atoms with Crippen molar-refractivity contribution in [2.45, 2.75) is 19.6 Å². The Morgan fingerprint density at radius 3 is 2.65 bits per heavy atom. The van der Waals surface area contributed by atoms with E-state index in [1.165, 1.54) is 13.0 Å². The number of carbonyl (C=O) groups excluding carboxylic acids is 1. The fourth-order valence-corrected chi connectivity index (χ4v) is 3.40. The average Bonchev–Trinajstić information content (AvgIpc) is 2.77. The molecule has 0 saturated carbocycles. The lowest BCUT2D eigenvalue weighted by Gasteiger charge is -2.32. The minimum Gasteiger partial charge on any atom is -0.462 e. The van der Waals surface area contributed by atoms with Gasteiger partial charge in [0.15, 0.2) is 5.57 Å². The number of benzene rings is 1. The molecule has 0 amide bonds. The molecule has 122 valence electrons. The molecule has 0 aliphatic carbocycles. The number of anilines is 1. The van der Waals surface area contributed by atoms with Crippen LogP contribution in [0.5, 0.6) is 0 Å². The van der Waals surface area contributed by atoms with E-state index in [-0.39, 0.29) is 17.4 Å². The van der Waals surface area contributed by atoms with E-state index >= 15 is 0 Å². The monoisotopic (exact) mass is 340 g/mol. The molecule has 1 heterocycles.